The van der Waals surface area contributed by atoms with Crippen LogP contribution >= 0.6 is 0 Å². The van der Waals surface area contributed by atoms with Crippen LogP contribution in [-0.4, -0.2) is 33.7 Å². The smallest absolute Gasteiger partial charge is 0.241 e. The Morgan fingerprint density at radius 1 is 1.03 bits per heavy atom. The number of para-hydroxylation sites is 2. The predicted molar refractivity (Wildman–Crippen MR) is 125 cm³/mol. The molecule has 3 aromatic carbocycles. The van der Waals surface area contributed by atoms with Crippen LogP contribution in [0, 0.1) is 0 Å². The second kappa shape index (κ2) is 9.14. The van der Waals surface area contributed by atoms with Crippen LogP contribution in [-0.2, 0) is 14.6 Å². The summed E-state index contributed by atoms with van der Waals surface area (Å²) in [7, 11) is -3.24. The fraction of sp³-hybridized carbons (Fsp3) is 0.240. The van der Waals surface area contributed by atoms with Crippen LogP contribution in [0.5, 0.6) is 5.75 Å². The van der Waals surface area contributed by atoms with Gasteiger partial charge >= 0.3 is 0 Å². The van der Waals surface area contributed by atoms with Gasteiger partial charge in [0, 0.05) is 12.3 Å². The number of ether oxygens (including phenoxy) is 1. The van der Waals surface area contributed by atoms with Gasteiger partial charge in [0.15, 0.2) is 9.84 Å². The Bertz CT molecular complexity index is 1190. The van der Waals surface area contributed by atoms with Gasteiger partial charge in [0.05, 0.1) is 23.2 Å². The predicted octanol–water partition coefficient (Wildman–Crippen LogP) is 3.91. The second-order valence-corrected chi connectivity index (χ2v) is 9.93. The first-order valence-electron chi connectivity index (χ1n) is 10.5. The Kier molecular flexibility index (Phi) is 6.30. The molecule has 1 aliphatic heterocycles. The van der Waals surface area contributed by atoms with Crippen LogP contribution in [0.4, 0.5) is 5.69 Å². The van der Waals surface area contributed by atoms with Crippen LogP contribution < -0.4 is 15.0 Å². The topological polar surface area (TPSA) is 75.7 Å². The van der Waals surface area contributed by atoms with Gasteiger partial charge in [-0.25, -0.2) is 8.42 Å². The molecular formula is C25H26N2O4S. The van der Waals surface area contributed by atoms with Crippen LogP contribution in [0.1, 0.15) is 30.1 Å². The van der Waals surface area contributed by atoms with Crippen molar-refractivity contribution in [3.8, 4) is 5.75 Å². The third-order valence-corrected chi connectivity index (χ3v) is 6.78. The first-order valence-corrected chi connectivity index (χ1v) is 12.4. The maximum Gasteiger partial charge on any atom is 0.241 e. The van der Waals surface area contributed by atoms with E-state index in [1.165, 1.54) is 6.26 Å². The second-order valence-electron chi connectivity index (χ2n) is 7.91. The highest BCUT2D eigenvalue weighted by Gasteiger charge is 2.33. The van der Waals surface area contributed by atoms with Gasteiger partial charge in [-0.3, -0.25) is 9.69 Å². The van der Waals surface area contributed by atoms with E-state index >= 15 is 0 Å². The van der Waals surface area contributed by atoms with Crippen molar-refractivity contribution in [2.75, 3.05) is 24.3 Å². The minimum atomic E-state index is -3.24. The average Bonchev–Trinajstić information content (AvgIpc) is 2.81. The van der Waals surface area contributed by atoms with Crippen molar-refractivity contribution in [1.29, 1.82) is 0 Å². The number of hydrogen-bond acceptors (Lipinski definition) is 5. The number of amides is 1. The number of hydrogen-bond donors (Lipinski definition) is 1. The third-order valence-electron chi connectivity index (χ3n) is 5.65. The Morgan fingerprint density at radius 2 is 1.69 bits per heavy atom. The lowest BCUT2D eigenvalue weighted by Gasteiger charge is -2.37. The van der Waals surface area contributed by atoms with Crippen molar-refractivity contribution >= 4 is 21.4 Å². The van der Waals surface area contributed by atoms with Gasteiger partial charge in [0.2, 0.25) is 5.91 Å². The van der Waals surface area contributed by atoms with Gasteiger partial charge in [-0.1, -0.05) is 54.6 Å². The number of fused-ring (bicyclic) bond motifs is 1. The van der Waals surface area contributed by atoms with E-state index in [1.54, 1.807) is 29.2 Å². The molecule has 1 N–H and O–H groups in total. The fourth-order valence-corrected chi connectivity index (χ4v) is 4.50. The number of anilines is 1. The fourth-order valence-electron chi connectivity index (χ4n) is 3.87. The molecule has 0 saturated carbocycles. The first kappa shape index (κ1) is 22.0. The van der Waals surface area contributed by atoms with E-state index in [4.69, 9.17) is 4.74 Å². The maximum absolute atomic E-state index is 13.4. The minimum Gasteiger partial charge on any atom is -0.489 e. The van der Waals surface area contributed by atoms with Crippen LogP contribution in [0.2, 0.25) is 0 Å². The molecule has 1 amide bonds. The van der Waals surface area contributed by atoms with Gasteiger partial charge in [0.25, 0.3) is 0 Å². The molecule has 7 heteroatoms. The molecule has 32 heavy (non-hydrogen) atoms. The maximum atomic E-state index is 13.4. The highest BCUT2D eigenvalue weighted by Crippen LogP contribution is 2.39. The zero-order valence-electron chi connectivity index (χ0n) is 18.1. The monoisotopic (exact) mass is 450 g/mol. The zero-order chi connectivity index (χ0) is 22.7. The molecule has 166 valence electrons. The van der Waals surface area contributed by atoms with Gasteiger partial charge in [-0.15, -0.1) is 0 Å². The Hall–Kier alpha value is -3.16. The lowest BCUT2D eigenvalue weighted by atomic mass is 10.0. The number of nitrogens with one attached hydrogen (secondary N) is 1. The molecule has 6 nitrogen and oxygen atoms in total. The van der Waals surface area contributed by atoms with Gasteiger partial charge in [-0.2, -0.15) is 0 Å². The molecule has 0 saturated heterocycles. The zero-order valence-corrected chi connectivity index (χ0v) is 18.9. The molecule has 1 heterocycles. The summed E-state index contributed by atoms with van der Waals surface area (Å²) >= 11 is 0. The summed E-state index contributed by atoms with van der Waals surface area (Å²) in [5, 5.41) is 3.28. The summed E-state index contributed by atoms with van der Waals surface area (Å²) in [6.07, 6.45) is 1.19. The standard InChI is InChI=1S/C25H26N2O4S/c1-18(19-12-14-21(15-13-19)32(2,29)30)26-16-25(28)27-22-10-6-7-11-24(22)31-17-23(27)20-8-4-3-5-9-20/h3-15,18,23,26H,16-17H2,1-2H3/t18-,23+/m1/s1. The minimum absolute atomic E-state index is 0.0609. The number of carbonyl (C=O) groups excluding carboxylic acids is 1. The van der Waals surface area contributed by atoms with Crippen LogP contribution in [0.15, 0.2) is 83.8 Å². The van der Waals surface area contributed by atoms with Gasteiger partial charge in [-0.05, 0) is 42.3 Å². The number of nitrogens with zero attached hydrogens (tertiary/aromatic N) is 1. The van der Waals surface area contributed by atoms with Crippen molar-refractivity contribution < 1.29 is 17.9 Å². The van der Waals surface area contributed by atoms with E-state index in [0.717, 1.165) is 16.8 Å². The molecular weight excluding hydrogens is 424 g/mol. The molecule has 0 radical (unpaired) electrons. The van der Waals surface area contributed by atoms with Crippen LogP contribution in [0.25, 0.3) is 0 Å². The number of carbonyl (C=O) groups is 1. The Morgan fingerprint density at radius 3 is 2.38 bits per heavy atom. The lowest BCUT2D eigenvalue weighted by Crippen LogP contribution is -2.45. The molecule has 4 rings (SSSR count). The molecule has 1 aliphatic rings. The SMILES string of the molecule is C[C@@H](NCC(=O)N1c2ccccc2OC[C@H]1c1ccccc1)c1ccc(S(C)(=O)=O)cc1. The molecule has 0 bridgehead atoms. The quantitative estimate of drug-likeness (QED) is 0.616. The van der Waals surface area contributed by atoms with E-state index in [9.17, 15) is 13.2 Å². The summed E-state index contributed by atoms with van der Waals surface area (Å²) in [4.78, 5) is 15.5. The molecule has 0 aromatic heterocycles. The highest BCUT2D eigenvalue weighted by atomic mass is 32.2. The first-order chi connectivity index (χ1) is 15.3. The van der Waals surface area contributed by atoms with E-state index < -0.39 is 9.84 Å². The molecule has 0 aliphatic carbocycles. The molecule has 0 spiro atoms. The van der Waals surface area contributed by atoms with E-state index in [-0.39, 0.29) is 29.4 Å². The summed E-state index contributed by atoms with van der Waals surface area (Å²) < 4.78 is 29.3. The molecule has 0 unspecified atom stereocenters. The molecule has 0 fully saturated rings. The lowest BCUT2D eigenvalue weighted by molar-refractivity contribution is -0.118. The van der Waals surface area contributed by atoms with E-state index in [1.807, 2.05) is 61.5 Å². The summed E-state index contributed by atoms with van der Waals surface area (Å²) in [6, 6.07) is 23.8. The van der Waals surface area contributed by atoms with Crippen molar-refractivity contribution in [3.63, 3.8) is 0 Å². The Balaban J connectivity index is 1.52. The average molecular weight is 451 g/mol. The van der Waals surface area contributed by atoms with Crippen LogP contribution in [0.3, 0.4) is 0 Å². The van der Waals surface area contributed by atoms with Crippen molar-refractivity contribution in [1.82, 2.24) is 5.32 Å². The third kappa shape index (κ3) is 4.69. The van der Waals surface area contributed by atoms with Crippen molar-refractivity contribution in [2.45, 2.75) is 23.9 Å². The molecule has 3 aromatic rings. The Labute approximate surface area is 188 Å². The largest absolute Gasteiger partial charge is 0.489 e. The number of benzene rings is 3. The van der Waals surface area contributed by atoms with E-state index in [2.05, 4.69) is 5.32 Å². The summed E-state index contributed by atoms with van der Waals surface area (Å²) in [5.74, 6) is 0.631. The normalized spacial score (nSPS) is 16.7. The highest BCUT2D eigenvalue weighted by molar-refractivity contribution is 7.90. The number of rotatable bonds is 6. The molecule has 2 atom stereocenters. The summed E-state index contributed by atoms with van der Waals surface area (Å²) in [5.41, 5.74) is 2.68. The van der Waals surface area contributed by atoms with Crippen molar-refractivity contribution in [3.05, 3.63) is 90.0 Å². The van der Waals surface area contributed by atoms with E-state index in [0.29, 0.717) is 12.4 Å². The van der Waals surface area contributed by atoms with Gasteiger partial charge < -0.3 is 10.1 Å². The summed E-state index contributed by atoms with van der Waals surface area (Å²) in [6.45, 7) is 2.46. The van der Waals surface area contributed by atoms with Crippen molar-refractivity contribution in [2.24, 2.45) is 0 Å². The number of sulfone groups is 1. The van der Waals surface area contributed by atoms with Gasteiger partial charge in [0.1, 0.15) is 12.4 Å².